The second-order valence-corrected chi connectivity index (χ2v) is 6.80. The lowest BCUT2D eigenvalue weighted by atomic mass is 9.97. The van der Waals surface area contributed by atoms with E-state index < -0.39 is 0 Å². The Balaban J connectivity index is 1.81. The third-order valence-corrected chi connectivity index (χ3v) is 4.64. The van der Waals surface area contributed by atoms with Crippen molar-refractivity contribution in [3.8, 4) is 0 Å². The number of rotatable bonds is 6. The van der Waals surface area contributed by atoms with Crippen molar-refractivity contribution in [1.82, 2.24) is 10.2 Å². The fraction of sp³-hybridized carbons (Fsp3) is 0.632. The molecule has 122 valence electrons. The average molecular weight is 302 g/mol. The molecule has 1 atom stereocenters. The molecule has 3 nitrogen and oxygen atoms in total. The first kappa shape index (κ1) is 17.0. The molecule has 1 aromatic carbocycles. The highest BCUT2D eigenvalue weighted by atomic mass is 16.2. The lowest BCUT2D eigenvalue weighted by Crippen LogP contribution is -2.42. The van der Waals surface area contributed by atoms with Crippen molar-refractivity contribution in [2.45, 2.75) is 45.4 Å². The molecule has 0 spiro atoms. The molecule has 1 amide bonds. The summed E-state index contributed by atoms with van der Waals surface area (Å²) in [4.78, 5) is 14.5. The van der Waals surface area contributed by atoms with Crippen LogP contribution in [0, 0.1) is 5.92 Å². The molecular formula is C19H30N2O. The van der Waals surface area contributed by atoms with E-state index in [0.717, 1.165) is 32.5 Å². The number of carbonyl (C=O) groups excluding carboxylic acids is 1. The topological polar surface area (TPSA) is 32.3 Å². The monoisotopic (exact) mass is 302 g/mol. The van der Waals surface area contributed by atoms with Crippen molar-refractivity contribution in [1.29, 1.82) is 0 Å². The second-order valence-electron chi connectivity index (χ2n) is 6.80. The summed E-state index contributed by atoms with van der Waals surface area (Å²) >= 11 is 0. The lowest BCUT2D eigenvalue weighted by molar-refractivity contribution is -0.132. The molecule has 2 rings (SSSR count). The number of benzene rings is 1. The van der Waals surface area contributed by atoms with E-state index in [-0.39, 0.29) is 0 Å². The Morgan fingerprint density at radius 2 is 2.05 bits per heavy atom. The van der Waals surface area contributed by atoms with Crippen LogP contribution in [0.2, 0.25) is 0 Å². The van der Waals surface area contributed by atoms with Gasteiger partial charge in [0.1, 0.15) is 0 Å². The van der Waals surface area contributed by atoms with Crippen LogP contribution in [0.25, 0.3) is 0 Å². The summed E-state index contributed by atoms with van der Waals surface area (Å²) in [7, 11) is 1.99. The number of carbonyl (C=O) groups is 1. The van der Waals surface area contributed by atoms with E-state index in [4.69, 9.17) is 0 Å². The fourth-order valence-corrected chi connectivity index (χ4v) is 3.23. The van der Waals surface area contributed by atoms with Crippen molar-refractivity contribution in [2.75, 3.05) is 26.7 Å². The third-order valence-electron chi connectivity index (χ3n) is 4.64. The minimum Gasteiger partial charge on any atom is -0.342 e. The third kappa shape index (κ3) is 4.84. The Morgan fingerprint density at radius 3 is 2.68 bits per heavy atom. The number of amides is 1. The van der Waals surface area contributed by atoms with Crippen LogP contribution in [0.15, 0.2) is 24.3 Å². The van der Waals surface area contributed by atoms with Gasteiger partial charge in [-0.25, -0.2) is 0 Å². The van der Waals surface area contributed by atoms with Gasteiger partial charge in [-0.3, -0.25) is 4.79 Å². The number of hydrogen-bond donors (Lipinski definition) is 1. The van der Waals surface area contributed by atoms with Gasteiger partial charge in [0.15, 0.2) is 0 Å². The Morgan fingerprint density at radius 1 is 1.32 bits per heavy atom. The van der Waals surface area contributed by atoms with Gasteiger partial charge < -0.3 is 10.2 Å². The highest BCUT2D eigenvalue weighted by molar-refractivity contribution is 5.76. The van der Waals surface area contributed by atoms with Gasteiger partial charge in [-0.1, -0.05) is 38.1 Å². The first-order valence-electron chi connectivity index (χ1n) is 8.61. The molecule has 1 heterocycles. The van der Waals surface area contributed by atoms with Gasteiger partial charge in [-0.05, 0) is 55.8 Å². The van der Waals surface area contributed by atoms with Gasteiger partial charge in [0.2, 0.25) is 5.91 Å². The van der Waals surface area contributed by atoms with E-state index in [1.165, 1.54) is 17.5 Å². The highest BCUT2D eigenvalue weighted by Gasteiger charge is 2.22. The first-order valence-corrected chi connectivity index (χ1v) is 8.61. The van der Waals surface area contributed by atoms with Gasteiger partial charge in [0, 0.05) is 19.5 Å². The molecule has 1 N–H and O–H groups in total. The maximum Gasteiger partial charge on any atom is 0.222 e. The molecule has 1 aromatic rings. The molecule has 1 aliphatic rings. The maximum absolute atomic E-state index is 12.4. The first-order chi connectivity index (χ1) is 10.6. The summed E-state index contributed by atoms with van der Waals surface area (Å²) in [5.74, 6) is 1.50. The summed E-state index contributed by atoms with van der Waals surface area (Å²) in [6, 6.07) is 8.72. The van der Waals surface area contributed by atoms with E-state index in [0.29, 0.717) is 24.2 Å². The molecule has 0 saturated carbocycles. The average Bonchev–Trinajstić information content (AvgIpc) is 2.53. The SMILES string of the molecule is CNCC1CCCN(C(=O)CCc2ccc(C(C)C)cc2)C1. The summed E-state index contributed by atoms with van der Waals surface area (Å²) in [6.45, 7) is 7.28. The van der Waals surface area contributed by atoms with Crippen molar-refractivity contribution in [3.05, 3.63) is 35.4 Å². The highest BCUT2D eigenvalue weighted by Crippen LogP contribution is 2.18. The van der Waals surface area contributed by atoms with Crippen LogP contribution >= 0.6 is 0 Å². The zero-order valence-electron chi connectivity index (χ0n) is 14.3. The van der Waals surface area contributed by atoms with Gasteiger partial charge >= 0.3 is 0 Å². The zero-order chi connectivity index (χ0) is 15.9. The van der Waals surface area contributed by atoms with E-state index in [1.807, 2.05) is 7.05 Å². The van der Waals surface area contributed by atoms with Crippen LogP contribution in [0.3, 0.4) is 0 Å². The lowest BCUT2D eigenvalue weighted by Gasteiger charge is -2.32. The van der Waals surface area contributed by atoms with Gasteiger partial charge in [0.05, 0.1) is 0 Å². The smallest absolute Gasteiger partial charge is 0.222 e. The summed E-state index contributed by atoms with van der Waals surface area (Å²) in [6.07, 6.45) is 3.86. The minimum atomic E-state index is 0.314. The molecular weight excluding hydrogens is 272 g/mol. The molecule has 1 aliphatic heterocycles. The van der Waals surface area contributed by atoms with Crippen molar-refractivity contribution in [2.24, 2.45) is 5.92 Å². The Labute approximate surface area is 135 Å². The van der Waals surface area contributed by atoms with E-state index >= 15 is 0 Å². The molecule has 1 saturated heterocycles. The van der Waals surface area contributed by atoms with Gasteiger partial charge in [0.25, 0.3) is 0 Å². The maximum atomic E-state index is 12.4. The normalized spacial score (nSPS) is 18.7. The van der Waals surface area contributed by atoms with Gasteiger partial charge in [-0.15, -0.1) is 0 Å². The quantitative estimate of drug-likeness (QED) is 0.875. The summed E-state index contributed by atoms with van der Waals surface area (Å²) in [5.41, 5.74) is 2.63. The number of likely N-dealkylation sites (tertiary alicyclic amines) is 1. The zero-order valence-corrected chi connectivity index (χ0v) is 14.3. The van der Waals surface area contributed by atoms with Crippen molar-refractivity contribution >= 4 is 5.91 Å². The minimum absolute atomic E-state index is 0.314. The van der Waals surface area contributed by atoms with Gasteiger partial charge in [-0.2, -0.15) is 0 Å². The van der Waals surface area contributed by atoms with Crippen LogP contribution in [0.1, 0.15) is 50.2 Å². The second kappa shape index (κ2) is 8.33. The summed E-state index contributed by atoms with van der Waals surface area (Å²) < 4.78 is 0. The predicted molar refractivity (Wildman–Crippen MR) is 92.1 cm³/mol. The number of nitrogens with one attached hydrogen (secondary N) is 1. The number of nitrogens with zero attached hydrogens (tertiary/aromatic N) is 1. The Hall–Kier alpha value is -1.35. The van der Waals surface area contributed by atoms with Crippen molar-refractivity contribution in [3.63, 3.8) is 0 Å². The van der Waals surface area contributed by atoms with Crippen LogP contribution in [0.4, 0.5) is 0 Å². The van der Waals surface area contributed by atoms with E-state index in [2.05, 4.69) is 48.3 Å². The van der Waals surface area contributed by atoms with Crippen LogP contribution in [-0.4, -0.2) is 37.5 Å². The van der Waals surface area contributed by atoms with E-state index in [9.17, 15) is 4.79 Å². The van der Waals surface area contributed by atoms with Crippen LogP contribution in [-0.2, 0) is 11.2 Å². The molecule has 0 aromatic heterocycles. The van der Waals surface area contributed by atoms with Crippen molar-refractivity contribution < 1.29 is 4.79 Å². The van der Waals surface area contributed by atoms with Crippen LogP contribution in [0.5, 0.6) is 0 Å². The number of piperidine rings is 1. The molecule has 0 radical (unpaired) electrons. The predicted octanol–water partition coefficient (Wildman–Crippen LogP) is 3.20. The molecule has 22 heavy (non-hydrogen) atoms. The Kier molecular flexibility index (Phi) is 6.44. The molecule has 1 unspecified atom stereocenters. The number of hydrogen-bond acceptors (Lipinski definition) is 2. The molecule has 0 bridgehead atoms. The summed E-state index contributed by atoms with van der Waals surface area (Å²) in [5, 5.41) is 3.23. The standard InChI is InChI=1S/C19H30N2O/c1-15(2)18-9-6-16(7-10-18)8-11-19(22)21-12-4-5-17(14-21)13-20-3/h6-7,9-10,15,17,20H,4-5,8,11-14H2,1-3H3. The molecule has 0 aliphatic carbocycles. The largest absolute Gasteiger partial charge is 0.342 e. The van der Waals surface area contributed by atoms with E-state index in [1.54, 1.807) is 0 Å². The number of aryl methyl sites for hydroxylation is 1. The molecule has 1 fully saturated rings. The van der Waals surface area contributed by atoms with Crippen LogP contribution < -0.4 is 5.32 Å². The fourth-order valence-electron chi connectivity index (χ4n) is 3.23. The molecule has 3 heteroatoms. The Bertz CT molecular complexity index is 465.